The first kappa shape index (κ1) is 17.2. The average Bonchev–Trinajstić information content (AvgIpc) is 3.11. The number of fused-ring (bicyclic) bond motifs is 1. The van der Waals surface area contributed by atoms with E-state index < -0.39 is 17.5 Å². The number of carbonyl (C=O) groups is 2. The first-order chi connectivity index (χ1) is 13.5. The van der Waals surface area contributed by atoms with E-state index >= 15 is 0 Å². The molecule has 138 valence electrons. The third-order valence-electron chi connectivity index (χ3n) is 4.12. The van der Waals surface area contributed by atoms with Crippen LogP contribution in [0.25, 0.3) is 16.7 Å². The van der Waals surface area contributed by atoms with E-state index in [1.807, 2.05) is 0 Å². The number of carbonyl (C=O) groups excluding carboxylic acids is 1. The predicted octanol–water partition coefficient (Wildman–Crippen LogP) is 2.93. The summed E-state index contributed by atoms with van der Waals surface area (Å²) < 4.78 is 6.45. The first-order valence-corrected chi connectivity index (χ1v) is 8.25. The molecular formula is C20H13N3O5. The Hall–Kier alpha value is -4.20. The lowest BCUT2D eigenvalue weighted by atomic mass is 10.2. The van der Waals surface area contributed by atoms with Crippen LogP contribution in [0.15, 0.2) is 76.1 Å². The van der Waals surface area contributed by atoms with Gasteiger partial charge in [0.25, 0.3) is 5.91 Å². The molecule has 28 heavy (non-hydrogen) atoms. The fourth-order valence-electron chi connectivity index (χ4n) is 2.79. The number of para-hydroxylation sites is 2. The number of nitrogens with zero attached hydrogens (tertiary/aromatic N) is 2. The third kappa shape index (κ3) is 3.03. The zero-order chi connectivity index (χ0) is 19.7. The second-order valence-electron chi connectivity index (χ2n) is 5.90. The molecule has 2 heterocycles. The molecule has 0 aliphatic rings. The van der Waals surface area contributed by atoms with Gasteiger partial charge in [-0.15, -0.1) is 0 Å². The van der Waals surface area contributed by atoms with Crippen LogP contribution in [0.4, 0.5) is 5.82 Å². The second kappa shape index (κ2) is 6.84. The highest BCUT2D eigenvalue weighted by Crippen LogP contribution is 2.21. The molecule has 0 fully saturated rings. The Morgan fingerprint density at radius 3 is 2.46 bits per heavy atom. The molecule has 0 bridgehead atoms. The van der Waals surface area contributed by atoms with Crippen molar-refractivity contribution in [3.63, 3.8) is 0 Å². The number of anilines is 1. The second-order valence-corrected chi connectivity index (χ2v) is 5.90. The van der Waals surface area contributed by atoms with Gasteiger partial charge in [-0.3, -0.25) is 4.79 Å². The number of carboxylic acids is 1. The van der Waals surface area contributed by atoms with Crippen LogP contribution in [0.5, 0.6) is 0 Å². The Bertz CT molecular complexity index is 1260. The van der Waals surface area contributed by atoms with Crippen molar-refractivity contribution in [1.29, 1.82) is 0 Å². The van der Waals surface area contributed by atoms with Gasteiger partial charge >= 0.3 is 11.6 Å². The molecule has 0 atom stereocenters. The minimum absolute atomic E-state index is 0.0590. The van der Waals surface area contributed by atoms with E-state index in [0.717, 1.165) is 6.20 Å². The monoisotopic (exact) mass is 375 g/mol. The molecule has 2 aromatic heterocycles. The topological polar surface area (TPSA) is 114 Å². The van der Waals surface area contributed by atoms with Crippen LogP contribution >= 0.6 is 0 Å². The van der Waals surface area contributed by atoms with Gasteiger partial charge in [0.15, 0.2) is 5.82 Å². The minimum Gasteiger partial charge on any atom is -0.477 e. The molecule has 0 aliphatic heterocycles. The normalized spacial score (nSPS) is 10.7. The Morgan fingerprint density at radius 2 is 1.71 bits per heavy atom. The molecule has 0 saturated carbocycles. The van der Waals surface area contributed by atoms with Crippen molar-refractivity contribution < 1.29 is 19.1 Å². The Balaban J connectivity index is 1.78. The fourth-order valence-corrected chi connectivity index (χ4v) is 2.79. The van der Waals surface area contributed by atoms with Gasteiger partial charge in [-0.05, 0) is 24.3 Å². The van der Waals surface area contributed by atoms with Crippen molar-refractivity contribution in [2.45, 2.75) is 0 Å². The quantitative estimate of drug-likeness (QED) is 0.530. The van der Waals surface area contributed by atoms with Crippen LogP contribution in [0.1, 0.15) is 20.7 Å². The molecule has 0 radical (unpaired) electrons. The van der Waals surface area contributed by atoms with Crippen LogP contribution in [-0.2, 0) is 0 Å². The lowest BCUT2D eigenvalue weighted by Gasteiger charge is -2.10. The summed E-state index contributed by atoms with van der Waals surface area (Å²) in [7, 11) is 0. The van der Waals surface area contributed by atoms with E-state index in [1.54, 1.807) is 54.6 Å². The molecule has 0 spiro atoms. The van der Waals surface area contributed by atoms with E-state index in [4.69, 9.17) is 4.42 Å². The molecule has 8 nitrogen and oxygen atoms in total. The standard InChI is InChI=1S/C20H13N3O5/c24-18(14-10-12-6-4-5-9-16(12)28-20(14)27)22-17-15(19(25)26)11-21-23(17)13-7-2-1-3-8-13/h1-11H,(H,22,24)(H,25,26). The van der Waals surface area contributed by atoms with Gasteiger partial charge in [0, 0.05) is 5.39 Å². The summed E-state index contributed by atoms with van der Waals surface area (Å²) in [6, 6.07) is 16.9. The van der Waals surface area contributed by atoms with E-state index in [9.17, 15) is 19.5 Å². The van der Waals surface area contributed by atoms with Crippen molar-refractivity contribution in [2.75, 3.05) is 5.32 Å². The molecule has 0 unspecified atom stereocenters. The van der Waals surface area contributed by atoms with E-state index in [1.165, 1.54) is 10.7 Å². The van der Waals surface area contributed by atoms with Gasteiger partial charge in [0.1, 0.15) is 16.7 Å². The average molecular weight is 375 g/mol. The molecular weight excluding hydrogens is 362 g/mol. The maximum absolute atomic E-state index is 12.7. The highest BCUT2D eigenvalue weighted by Gasteiger charge is 2.22. The van der Waals surface area contributed by atoms with Crippen LogP contribution in [-0.4, -0.2) is 26.8 Å². The van der Waals surface area contributed by atoms with Crippen molar-refractivity contribution >= 4 is 28.7 Å². The van der Waals surface area contributed by atoms with E-state index in [2.05, 4.69) is 10.4 Å². The van der Waals surface area contributed by atoms with Gasteiger partial charge in [0.05, 0.1) is 11.9 Å². The lowest BCUT2D eigenvalue weighted by Crippen LogP contribution is -2.23. The molecule has 1 amide bonds. The van der Waals surface area contributed by atoms with Gasteiger partial charge in [0.2, 0.25) is 0 Å². The summed E-state index contributed by atoms with van der Waals surface area (Å²) in [5, 5.41) is 16.5. The molecule has 2 N–H and O–H groups in total. The van der Waals surface area contributed by atoms with Crippen molar-refractivity contribution in [1.82, 2.24) is 9.78 Å². The van der Waals surface area contributed by atoms with Gasteiger partial charge < -0.3 is 14.8 Å². The number of aromatic carboxylic acids is 1. The fraction of sp³-hybridized carbons (Fsp3) is 0. The number of aromatic nitrogens is 2. The number of hydrogen-bond acceptors (Lipinski definition) is 5. The van der Waals surface area contributed by atoms with Gasteiger partial charge in [-0.25, -0.2) is 14.3 Å². The summed E-state index contributed by atoms with van der Waals surface area (Å²) in [6.45, 7) is 0. The third-order valence-corrected chi connectivity index (χ3v) is 4.12. The number of hydrogen-bond donors (Lipinski definition) is 2. The Morgan fingerprint density at radius 1 is 1.00 bits per heavy atom. The van der Waals surface area contributed by atoms with E-state index in [0.29, 0.717) is 16.7 Å². The maximum Gasteiger partial charge on any atom is 0.349 e. The summed E-state index contributed by atoms with van der Waals surface area (Å²) in [5.74, 6) is -2.11. The summed E-state index contributed by atoms with van der Waals surface area (Å²) in [5.41, 5.74) is -0.363. The highest BCUT2D eigenvalue weighted by atomic mass is 16.4. The first-order valence-electron chi connectivity index (χ1n) is 8.25. The number of amides is 1. The lowest BCUT2D eigenvalue weighted by molar-refractivity contribution is 0.0698. The zero-order valence-electron chi connectivity index (χ0n) is 14.3. The molecule has 0 saturated heterocycles. The zero-order valence-corrected chi connectivity index (χ0v) is 14.3. The Kier molecular flexibility index (Phi) is 4.21. The Labute approximate surface area is 157 Å². The molecule has 2 aromatic carbocycles. The number of benzene rings is 2. The SMILES string of the molecule is O=C(O)c1cnn(-c2ccccc2)c1NC(=O)c1cc2ccccc2oc1=O. The minimum atomic E-state index is -1.26. The maximum atomic E-state index is 12.7. The van der Waals surface area contributed by atoms with Crippen LogP contribution in [0.3, 0.4) is 0 Å². The summed E-state index contributed by atoms with van der Waals surface area (Å²) in [4.78, 5) is 36.5. The van der Waals surface area contributed by atoms with Crippen LogP contribution in [0.2, 0.25) is 0 Å². The largest absolute Gasteiger partial charge is 0.477 e. The van der Waals surface area contributed by atoms with Crippen molar-refractivity contribution in [2.24, 2.45) is 0 Å². The van der Waals surface area contributed by atoms with Gasteiger partial charge in [-0.1, -0.05) is 36.4 Å². The van der Waals surface area contributed by atoms with Crippen LogP contribution < -0.4 is 10.9 Å². The predicted molar refractivity (Wildman–Crippen MR) is 101 cm³/mol. The van der Waals surface area contributed by atoms with Gasteiger partial charge in [-0.2, -0.15) is 5.10 Å². The number of rotatable bonds is 4. The number of nitrogens with one attached hydrogen (secondary N) is 1. The van der Waals surface area contributed by atoms with Crippen molar-refractivity contribution in [3.8, 4) is 5.69 Å². The van der Waals surface area contributed by atoms with Crippen LogP contribution in [0, 0.1) is 0 Å². The molecule has 0 aliphatic carbocycles. The summed E-state index contributed by atoms with van der Waals surface area (Å²) >= 11 is 0. The number of carboxylic acid groups (broad SMARTS) is 1. The molecule has 4 rings (SSSR count). The van der Waals surface area contributed by atoms with E-state index in [-0.39, 0.29) is 16.9 Å². The molecule has 8 heteroatoms. The smallest absolute Gasteiger partial charge is 0.349 e. The molecule has 4 aromatic rings. The summed E-state index contributed by atoms with van der Waals surface area (Å²) in [6.07, 6.45) is 1.13. The highest BCUT2D eigenvalue weighted by molar-refractivity contribution is 6.08. The van der Waals surface area contributed by atoms with Crippen molar-refractivity contribution in [3.05, 3.63) is 88.4 Å².